The summed E-state index contributed by atoms with van der Waals surface area (Å²) >= 11 is 0. The molecule has 0 fully saturated rings. The molecule has 25 heavy (non-hydrogen) atoms. The maximum Gasteiger partial charge on any atom is 0.262 e. The molecule has 0 saturated heterocycles. The molecule has 4 amide bonds. The summed E-state index contributed by atoms with van der Waals surface area (Å²) in [4.78, 5) is 52.3. The Balaban J connectivity index is 2.35. The third-order valence-electron chi connectivity index (χ3n) is 4.83. The lowest BCUT2D eigenvalue weighted by molar-refractivity contribution is 0.0629. The number of benzene rings is 2. The van der Waals surface area contributed by atoms with Crippen molar-refractivity contribution in [2.75, 3.05) is 14.1 Å². The van der Waals surface area contributed by atoms with Crippen LogP contribution in [-0.2, 0) is 0 Å². The maximum atomic E-state index is 12.6. The SMILES string of the molecule is Cc1cc2c3c(c(C#N)cc4c3c1C(=O)N(C)C4=O)C(=O)N(C)C2=O. The molecule has 0 unspecified atom stereocenters. The molecule has 0 spiro atoms. The van der Waals surface area contributed by atoms with Crippen molar-refractivity contribution in [3.8, 4) is 6.07 Å². The molecule has 2 aliphatic heterocycles. The van der Waals surface area contributed by atoms with E-state index in [4.69, 9.17) is 0 Å². The summed E-state index contributed by atoms with van der Waals surface area (Å²) < 4.78 is 0. The fourth-order valence-electron chi connectivity index (χ4n) is 3.57. The summed E-state index contributed by atoms with van der Waals surface area (Å²) in [6.45, 7) is 1.68. The molecule has 2 heterocycles. The summed E-state index contributed by atoms with van der Waals surface area (Å²) in [7, 11) is 2.70. The van der Waals surface area contributed by atoms with Crippen molar-refractivity contribution in [3.63, 3.8) is 0 Å². The second-order valence-corrected chi connectivity index (χ2v) is 6.16. The average molecular weight is 333 g/mol. The van der Waals surface area contributed by atoms with Crippen LogP contribution in [0.5, 0.6) is 0 Å². The van der Waals surface area contributed by atoms with E-state index in [2.05, 4.69) is 0 Å². The first-order chi connectivity index (χ1) is 11.8. The molecule has 4 rings (SSSR count). The lowest BCUT2D eigenvalue weighted by Crippen LogP contribution is -2.41. The molecule has 122 valence electrons. The molecule has 0 N–H and O–H groups in total. The number of nitriles is 1. The minimum absolute atomic E-state index is 0.0130. The van der Waals surface area contributed by atoms with E-state index in [0.29, 0.717) is 5.56 Å². The van der Waals surface area contributed by atoms with Gasteiger partial charge in [-0.05, 0) is 24.6 Å². The van der Waals surface area contributed by atoms with Crippen molar-refractivity contribution < 1.29 is 19.2 Å². The molecular weight excluding hydrogens is 322 g/mol. The van der Waals surface area contributed by atoms with Gasteiger partial charge in [-0.15, -0.1) is 0 Å². The van der Waals surface area contributed by atoms with Crippen LogP contribution >= 0.6 is 0 Å². The van der Waals surface area contributed by atoms with Crippen molar-refractivity contribution in [1.82, 2.24) is 9.80 Å². The number of hydrogen-bond acceptors (Lipinski definition) is 5. The number of carbonyl (C=O) groups is 4. The van der Waals surface area contributed by atoms with Crippen LogP contribution in [0.1, 0.15) is 52.6 Å². The van der Waals surface area contributed by atoms with E-state index in [1.54, 1.807) is 13.0 Å². The number of aryl methyl sites for hydroxylation is 1. The highest BCUT2D eigenvalue weighted by Crippen LogP contribution is 2.40. The summed E-state index contributed by atoms with van der Waals surface area (Å²) in [6.07, 6.45) is 0. The maximum absolute atomic E-state index is 12.6. The van der Waals surface area contributed by atoms with Crippen LogP contribution in [0.3, 0.4) is 0 Å². The van der Waals surface area contributed by atoms with Gasteiger partial charge >= 0.3 is 0 Å². The van der Waals surface area contributed by atoms with Gasteiger partial charge in [0.25, 0.3) is 23.6 Å². The first-order valence-electron chi connectivity index (χ1n) is 7.48. The van der Waals surface area contributed by atoms with Crippen molar-refractivity contribution in [2.45, 2.75) is 6.92 Å². The molecule has 2 aliphatic rings. The minimum atomic E-state index is -0.616. The smallest absolute Gasteiger partial charge is 0.262 e. The highest BCUT2D eigenvalue weighted by molar-refractivity contribution is 6.34. The van der Waals surface area contributed by atoms with E-state index < -0.39 is 23.6 Å². The van der Waals surface area contributed by atoms with Crippen molar-refractivity contribution in [3.05, 3.63) is 45.5 Å². The van der Waals surface area contributed by atoms with Crippen LogP contribution in [0, 0.1) is 18.3 Å². The Morgan fingerprint density at radius 1 is 0.800 bits per heavy atom. The summed E-state index contributed by atoms with van der Waals surface area (Å²) in [5.74, 6) is -2.19. The average Bonchev–Trinajstić information content (AvgIpc) is 2.60. The number of imide groups is 2. The van der Waals surface area contributed by atoms with Crippen LogP contribution in [-0.4, -0.2) is 47.5 Å². The Bertz CT molecular complexity index is 1120. The minimum Gasteiger partial charge on any atom is -0.277 e. The number of rotatable bonds is 0. The standard InChI is InChI=1S/C18H11N3O4/c1-7-4-9-14-12(18(25)21(3)15(9)22)8(6-19)5-10-13(14)11(7)17(24)20(2)16(10)23/h4-5H,1-3H3. The van der Waals surface area contributed by atoms with E-state index in [0.717, 1.165) is 9.80 Å². The monoisotopic (exact) mass is 333 g/mol. The molecule has 0 bridgehead atoms. The van der Waals surface area contributed by atoms with E-state index in [9.17, 15) is 24.4 Å². The molecule has 2 aromatic rings. The predicted molar refractivity (Wildman–Crippen MR) is 86.2 cm³/mol. The molecule has 7 heteroatoms. The summed E-state index contributed by atoms with van der Waals surface area (Å²) in [5.41, 5.74) is 1.27. The van der Waals surface area contributed by atoms with Crippen molar-refractivity contribution in [1.29, 1.82) is 5.26 Å². The van der Waals surface area contributed by atoms with Crippen LogP contribution in [0.15, 0.2) is 12.1 Å². The summed E-state index contributed by atoms with van der Waals surface area (Å²) in [5, 5.41) is 9.97. The van der Waals surface area contributed by atoms with E-state index in [1.807, 2.05) is 6.07 Å². The van der Waals surface area contributed by atoms with Gasteiger partial charge in [0.1, 0.15) is 6.07 Å². The number of amides is 4. The Labute approximate surface area is 142 Å². The van der Waals surface area contributed by atoms with Crippen LogP contribution < -0.4 is 0 Å². The molecule has 2 aromatic carbocycles. The molecular formula is C18H11N3O4. The van der Waals surface area contributed by atoms with Gasteiger partial charge in [-0.3, -0.25) is 29.0 Å². The fraction of sp³-hybridized carbons (Fsp3) is 0.167. The predicted octanol–water partition coefficient (Wildman–Crippen LogP) is 1.47. The Morgan fingerprint density at radius 2 is 1.28 bits per heavy atom. The molecule has 7 nitrogen and oxygen atoms in total. The Hall–Kier alpha value is -3.53. The van der Waals surface area contributed by atoms with Gasteiger partial charge in [-0.2, -0.15) is 5.26 Å². The number of nitrogens with zero attached hydrogens (tertiary/aromatic N) is 3. The normalized spacial score (nSPS) is 15.9. The third kappa shape index (κ3) is 1.58. The van der Waals surface area contributed by atoms with Gasteiger partial charge < -0.3 is 0 Å². The summed E-state index contributed by atoms with van der Waals surface area (Å²) in [6, 6.07) is 4.80. The largest absolute Gasteiger partial charge is 0.277 e. The van der Waals surface area contributed by atoms with Gasteiger partial charge in [0, 0.05) is 30.4 Å². The van der Waals surface area contributed by atoms with Gasteiger partial charge in [-0.1, -0.05) is 0 Å². The van der Waals surface area contributed by atoms with E-state index in [1.165, 1.54) is 20.2 Å². The zero-order valence-corrected chi connectivity index (χ0v) is 13.6. The molecule has 0 saturated carbocycles. The highest BCUT2D eigenvalue weighted by atomic mass is 16.2. The first kappa shape index (κ1) is 15.0. The third-order valence-corrected chi connectivity index (χ3v) is 4.83. The van der Waals surface area contributed by atoms with Crippen LogP contribution in [0.2, 0.25) is 0 Å². The zero-order valence-electron chi connectivity index (χ0n) is 13.6. The quantitative estimate of drug-likeness (QED) is 0.680. The molecule has 0 atom stereocenters. The van der Waals surface area contributed by atoms with Gasteiger partial charge in [0.2, 0.25) is 0 Å². The van der Waals surface area contributed by atoms with Gasteiger partial charge in [0.05, 0.1) is 22.3 Å². The van der Waals surface area contributed by atoms with Gasteiger partial charge in [0.15, 0.2) is 0 Å². The molecule has 0 radical (unpaired) electrons. The number of hydrogen-bond donors (Lipinski definition) is 0. The van der Waals surface area contributed by atoms with E-state index in [-0.39, 0.29) is 38.6 Å². The molecule has 0 aliphatic carbocycles. The lowest BCUT2D eigenvalue weighted by Gasteiger charge is -2.30. The molecule has 0 aromatic heterocycles. The number of carbonyl (C=O) groups excluding carboxylic acids is 4. The second-order valence-electron chi connectivity index (χ2n) is 6.16. The fourth-order valence-corrected chi connectivity index (χ4v) is 3.57. The van der Waals surface area contributed by atoms with Crippen molar-refractivity contribution in [2.24, 2.45) is 0 Å². The van der Waals surface area contributed by atoms with Crippen LogP contribution in [0.4, 0.5) is 0 Å². The highest BCUT2D eigenvalue weighted by Gasteiger charge is 2.40. The van der Waals surface area contributed by atoms with E-state index >= 15 is 0 Å². The van der Waals surface area contributed by atoms with Gasteiger partial charge in [-0.25, -0.2) is 0 Å². The second kappa shape index (κ2) is 4.51. The van der Waals surface area contributed by atoms with Crippen molar-refractivity contribution >= 4 is 34.4 Å². The Kier molecular flexibility index (Phi) is 2.71. The van der Waals surface area contributed by atoms with Crippen LogP contribution in [0.25, 0.3) is 10.8 Å². The topological polar surface area (TPSA) is 98.6 Å². The first-order valence-corrected chi connectivity index (χ1v) is 7.48. The Morgan fingerprint density at radius 3 is 1.84 bits per heavy atom. The lowest BCUT2D eigenvalue weighted by atomic mass is 9.82. The zero-order chi connectivity index (χ0) is 18.2.